The van der Waals surface area contributed by atoms with Crippen LogP contribution < -0.4 is 5.32 Å². The molecule has 1 aliphatic rings. The van der Waals surface area contributed by atoms with E-state index in [0.717, 1.165) is 18.0 Å². The molecular weight excluding hydrogens is 182 g/mol. The Morgan fingerprint density at radius 1 is 1.54 bits per heavy atom. The quantitative estimate of drug-likeness (QED) is 0.765. The lowest BCUT2D eigenvalue weighted by molar-refractivity contribution is 0.623. The molecule has 0 aromatic heterocycles. The number of rotatable bonds is 2. The summed E-state index contributed by atoms with van der Waals surface area (Å²) in [6.45, 7) is 1.06. The van der Waals surface area contributed by atoms with E-state index in [1.807, 2.05) is 13.1 Å². The smallest absolute Gasteiger partial charge is 0.0440 e. The van der Waals surface area contributed by atoms with Crippen LogP contribution in [0.2, 0.25) is 5.02 Å². The van der Waals surface area contributed by atoms with Crippen LogP contribution in [-0.2, 0) is 6.42 Å². The average molecular weight is 196 g/mol. The minimum atomic E-state index is 0.665. The van der Waals surface area contributed by atoms with Crippen LogP contribution in [0.5, 0.6) is 0 Å². The molecule has 0 fully saturated rings. The van der Waals surface area contributed by atoms with Gasteiger partial charge in [0.2, 0.25) is 0 Å². The van der Waals surface area contributed by atoms with Crippen LogP contribution in [0, 0.1) is 0 Å². The Morgan fingerprint density at radius 3 is 3.15 bits per heavy atom. The second-order valence-corrected chi connectivity index (χ2v) is 4.01. The molecule has 1 N–H and O–H groups in total. The van der Waals surface area contributed by atoms with Crippen LogP contribution in [0.25, 0.3) is 0 Å². The highest BCUT2D eigenvalue weighted by atomic mass is 35.5. The second-order valence-electron chi connectivity index (χ2n) is 3.60. The highest BCUT2D eigenvalue weighted by Gasteiger charge is 2.22. The van der Waals surface area contributed by atoms with E-state index in [4.69, 9.17) is 11.6 Å². The van der Waals surface area contributed by atoms with Crippen molar-refractivity contribution in [3.63, 3.8) is 0 Å². The molecule has 0 bridgehead atoms. The molecule has 1 aliphatic carbocycles. The highest BCUT2D eigenvalue weighted by Crippen LogP contribution is 2.36. The monoisotopic (exact) mass is 195 g/mol. The first-order chi connectivity index (χ1) is 6.33. The number of nitrogens with one attached hydrogen (secondary N) is 1. The minimum absolute atomic E-state index is 0.665. The fourth-order valence-electron chi connectivity index (χ4n) is 2.15. The maximum atomic E-state index is 6.11. The van der Waals surface area contributed by atoms with Crippen LogP contribution in [-0.4, -0.2) is 13.6 Å². The van der Waals surface area contributed by atoms with E-state index >= 15 is 0 Å². The summed E-state index contributed by atoms with van der Waals surface area (Å²) in [7, 11) is 2.00. The fourth-order valence-corrected chi connectivity index (χ4v) is 2.43. The standard InChI is InChI=1S/C11H14ClN/c1-13-7-8-5-6-10-9(8)3-2-4-11(10)12/h2-4,8,13H,5-7H2,1H3. The SMILES string of the molecule is CNCC1CCc2c(Cl)cccc21. The molecule has 1 aromatic carbocycles. The van der Waals surface area contributed by atoms with Crippen molar-refractivity contribution in [2.75, 3.05) is 13.6 Å². The molecule has 13 heavy (non-hydrogen) atoms. The third kappa shape index (κ3) is 1.59. The predicted molar refractivity (Wildman–Crippen MR) is 56.4 cm³/mol. The molecule has 1 unspecified atom stereocenters. The van der Waals surface area contributed by atoms with Gasteiger partial charge in [0, 0.05) is 11.6 Å². The van der Waals surface area contributed by atoms with Gasteiger partial charge in [-0.25, -0.2) is 0 Å². The molecule has 1 atom stereocenters. The molecule has 0 saturated heterocycles. The third-order valence-corrected chi connectivity index (χ3v) is 3.14. The van der Waals surface area contributed by atoms with Crippen molar-refractivity contribution in [3.8, 4) is 0 Å². The third-order valence-electron chi connectivity index (χ3n) is 2.79. The van der Waals surface area contributed by atoms with Crippen molar-refractivity contribution < 1.29 is 0 Å². The van der Waals surface area contributed by atoms with Crippen molar-refractivity contribution in [3.05, 3.63) is 34.3 Å². The van der Waals surface area contributed by atoms with Crippen LogP contribution in [0.15, 0.2) is 18.2 Å². The van der Waals surface area contributed by atoms with Gasteiger partial charge < -0.3 is 5.32 Å². The van der Waals surface area contributed by atoms with Gasteiger partial charge in [-0.1, -0.05) is 23.7 Å². The zero-order valence-corrected chi connectivity index (χ0v) is 8.56. The van der Waals surface area contributed by atoms with Crippen molar-refractivity contribution in [2.24, 2.45) is 0 Å². The van der Waals surface area contributed by atoms with Crippen LogP contribution in [0.1, 0.15) is 23.5 Å². The first kappa shape index (κ1) is 9.04. The first-order valence-corrected chi connectivity index (χ1v) is 5.12. The lowest BCUT2D eigenvalue weighted by Crippen LogP contribution is -2.14. The number of hydrogen-bond donors (Lipinski definition) is 1. The van der Waals surface area contributed by atoms with Gasteiger partial charge in [0.25, 0.3) is 0 Å². The summed E-state index contributed by atoms with van der Waals surface area (Å²) in [4.78, 5) is 0. The Labute approximate surface area is 84.1 Å². The van der Waals surface area contributed by atoms with E-state index in [2.05, 4.69) is 17.4 Å². The average Bonchev–Trinajstić information content (AvgIpc) is 2.51. The molecule has 0 saturated carbocycles. The van der Waals surface area contributed by atoms with E-state index < -0.39 is 0 Å². The van der Waals surface area contributed by atoms with Gasteiger partial charge in [-0.3, -0.25) is 0 Å². The van der Waals surface area contributed by atoms with E-state index in [-0.39, 0.29) is 0 Å². The molecule has 0 heterocycles. The van der Waals surface area contributed by atoms with E-state index in [0.29, 0.717) is 5.92 Å². The summed E-state index contributed by atoms with van der Waals surface area (Å²) in [5, 5.41) is 4.17. The van der Waals surface area contributed by atoms with E-state index in [1.54, 1.807) is 0 Å². The molecule has 0 aliphatic heterocycles. The molecule has 0 radical (unpaired) electrons. The largest absolute Gasteiger partial charge is 0.319 e. The topological polar surface area (TPSA) is 12.0 Å². The first-order valence-electron chi connectivity index (χ1n) is 4.75. The molecule has 70 valence electrons. The molecule has 2 heteroatoms. The summed E-state index contributed by atoms with van der Waals surface area (Å²) in [5.41, 5.74) is 2.81. The zero-order chi connectivity index (χ0) is 9.26. The fraction of sp³-hybridized carbons (Fsp3) is 0.455. The van der Waals surface area contributed by atoms with Gasteiger partial charge in [-0.2, -0.15) is 0 Å². The normalized spacial score (nSPS) is 20.3. The van der Waals surface area contributed by atoms with E-state index in [1.165, 1.54) is 17.5 Å². The molecule has 0 amide bonds. The van der Waals surface area contributed by atoms with Crippen molar-refractivity contribution >= 4 is 11.6 Å². The van der Waals surface area contributed by atoms with Crippen LogP contribution >= 0.6 is 11.6 Å². The van der Waals surface area contributed by atoms with Gasteiger partial charge in [0.1, 0.15) is 0 Å². The second kappa shape index (κ2) is 3.69. The van der Waals surface area contributed by atoms with Crippen LogP contribution in [0.3, 0.4) is 0 Å². The van der Waals surface area contributed by atoms with Crippen molar-refractivity contribution in [1.29, 1.82) is 0 Å². The lowest BCUT2D eigenvalue weighted by Gasteiger charge is -2.10. The summed E-state index contributed by atoms with van der Waals surface area (Å²) >= 11 is 6.11. The molecule has 1 aromatic rings. The number of fused-ring (bicyclic) bond motifs is 1. The Balaban J connectivity index is 2.32. The predicted octanol–water partition coefficient (Wildman–Crippen LogP) is 2.59. The number of hydrogen-bond acceptors (Lipinski definition) is 1. The molecule has 0 spiro atoms. The van der Waals surface area contributed by atoms with Gasteiger partial charge in [0.15, 0.2) is 0 Å². The van der Waals surface area contributed by atoms with Crippen LogP contribution in [0.4, 0.5) is 0 Å². The van der Waals surface area contributed by atoms with Gasteiger partial charge in [-0.05, 0) is 43.0 Å². The zero-order valence-electron chi connectivity index (χ0n) is 7.81. The number of likely N-dealkylation sites (N-methyl/N-ethyl adjacent to an activating group) is 1. The maximum Gasteiger partial charge on any atom is 0.0440 e. The van der Waals surface area contributed by atoms with Gasteiger partial charge >= 0.3 is 0 Å². The maximum absolute atomic E-state index is 6.11. The Kier molecular flexibility index (Phi) is 2.56. The lowest BCUT2D eigenvalue weighted by atomic mass is 10.0. The van der Waals surface area contributed by atoms with Gasteiger partial charge in [0.05, 0.1) is 0 Å². The van der Waals surface area contributed by atoms with Crippen molar-refractivity contribution in [2.45, 2.75) is 18.8 Å². The highest BCUT2D eigenvalue weighted by molar-refractivity contribution is 6.31. The Hall–Kier alpha value is -0.530. The summed E-state index contributed by atoms with van der Waals surface area (Å²) < 4.78 is 0. The number of halogens is 1. The summed E-state index contributed by atoms with van der Waals surface area (Å²) in [6.07, 6.45) is 2.38. The number of benzene rings is 1. The van der Waals surface area contributed by atoms with Crippen molar-refractivity contribution in [1.82, 2.24) is 5.32 Å². The Morgan fingerprint density at radius 2 is 2.38 bits per heavy atom. The van der Waals surface area contributed by atoms with E-state index in [9.17, 15) is 0 Å². The molecule has 2 rings (SSSR count). The summed E-state index contributed by atoms with van der Waals surface area (Å²) in [6, 6.07) is 6.24. The molecular formula is C11H14ClN. The Bertz CT molecular complexity index is 309. The molecule has 1 nitrogen and oxygen atoms in total. The summed E-state index contributed by atoms with van der Waals surface area (Å²) in [5.74, 6) is 0.665. The van der Waals surface area contributed by atoms with Gasteiger partial charge in [-0.15, -0.1) is 0 Å². The minimum Gasteiger partial charge on any atom is -0.319 e.